The molecule has 0 atom stereocenters. The zero-order valence-electron chi connectivity index (χ0n) is 16.5. The van der Waals surface area contributed by atoms with Crippen molar-refractivity contribution in [2.75, 3.05) is 6.54 Å². The molecule has 0 bridgehead atoms. The molecular formula is C23H17ClIN3O4. The molecule has 2 amide bonds. The second-order valence-corrected chi connectivity index (χ2v) is 7.96. The average molecular weight is 562 g/mol. The van der Waals surface area contributed by atoms with Crippen LogP contribution in [0.25, 0.3) is 0 Å². The van der Waals surface area contributed by atoms with E-state index in [2.05, 4.69) is 38.4 Å². The van der Waals surface area contributed by atoms with Crippen molar-refractivity contribution in [3.63, 3.8) is 0 Å². The first-order valence-corrected chi connectivity index (χ1v) is 10.8. The number of halogens is 2. The quantitative estimate of drug-likeness (QED) is 0.150. The third-order valence-corrected chi connectivity index (χ3v) is 5.39. The lowest BCUT2D eigenvalue weighted by atomic mass is 10.2. The molecule has 0 aromatic heterocycles. The normalized spacial score (nSPS) is 10.6. The predicted molar refractivity (Wildman–Crippen MR) is 130 cm³/mol. The number of rotatable bonds is 7. The molecule has 0 aliphatic carbocycles. The highest BCUT2D eigenvalue weighted by atomic mass is 127. The summed E-state index contributed by atoms with van der Waals surface area (Å²) in [6, 6.07) is 20.2. The summed E-state index contributed by atoms with van der Waals surface area (Å²) in [5.41, 5.74) is 3.79. The molecule has 0 unspecified atom stereocenters. The summed E-state index contributed by atoms with van der Waals surface area (Å²) >= 11 is 8.05. The Bertz CT molecular complexity index is 1170. The molecule has 0 spiro atoms. The van der Waals surface area contributed by atoms with E-state index >= 15 is 0 Å². The number of nitrogens with zero attached hydrogens (tertiary/aromatic N) is 1. The Morgan fingerprint density at radius 3 is 2.28 bits per heavy atom. The van der Waals surface area contributed by atoms with Crippen molar-refractivity contribution < 1.29 is 19.1 Å². The molecule has 0 heterocycles. The van der Waals surface area contributed by atoms with Crippen molar-refractivity contribution in [3.05, 3.63) is 98.1 Å². The number of carbonyl (C=O) groups is 3. The largest absolute Gasteiger partial charge is 0.423 e. The maximum atomic E-state index is 12.2. The van der Waals surface area contributed by atoms with Crippen LogP contribution in [0.15, 0.2) is 77.9 Å². The summed E-state index contributed by atoms with van der Waals surface area (Å²) < 4.78 is 6.09. The van der Waals surface area contributed by atoms with Gasteiger partial charge in [-0.1, -0.05) is 35.9 Å². The number of hydrogen-bond acceptors (Lipinski definition) is 5. The number of esters is 1. The van der Waals surface area contributed by atoms with Crippen LogP contribution < -0.4 is 15.5 Å². The molecule has 0 saturated carbocycles. The third-order valence-electron chi connectivity index (χ3n) is 4.12. The number of nitrogens with one attached hydrogen (secondary N) is 2. The molecule has 3 aromatic carbocycles. The standard InChI is InChI=1S/C23H17ClIN3O4/c24-19-7-3-1-5-17(19)23(31)32-16-11-9-15(10-12-16)13-27-28-21(29)14-26-22(30)18-6-2-4-8-20(18)25/h1-13H,14H2,(H,26,30)(H,28,29)/b27-13-. The lowest BCUT2D eigenvalue weighted by Gasteiger charge is -2.06. The van der Waals surface area contributed by atoms with Crippen molar-refractivity contribution >= 4 is 58.2 Å². The Labute approximate surface area is 202 Å². The number of hydrazone groups is 1. The van der Waals surface area contributed by atoms with Gasteiger partial charge in [-0.05, 0) is 76.7 Å². The molecule has 2 N–H and O–H groups in total. The van der Waals surface area contributed by atoms with Crippen LogP contribution in [0.2, 0.25) is 5.02 Å². The highest BCUT2D eigenvalue weighted by Crippen LogP contribution is 2.19. The van der Waals surface area contributed by atoms with Gasteiger partial charge in [0.2, 0.25) is 0 Å². The van der Waals surface area contributed by atoms with Gasteiger partial charge in [0.05, 0.1) is 28.9 Å². The molecule has 0 saturated heterocycles. The van der Waals surface area contributed by atoms with Gasteiger partial charge in [-0.3, -0.25) is 9.59 Å². The van der Waals surface area contributed by atoms with Crippen LogP contribution >= 0.6 is 34.2 Å². The van der Waals surface area contributed by atoms with Gasteiger partial charge < -0.3 is 10.1 Å². The van der Waals surface area contributed by atoms with Crippen LogP contribution in [-0.2, 0) is 4.79 Å². The summed E-state index contributed by atoms with van der Waals surface area (Å²) in [6.45, 7) is -0.210. The molecule has 3 rings (SSSR count). The van der Waals surface area contributed by atoms with Gasteiger partial charge in [0.15, 0.2) is 0 Å². The SMILES string of the molecule is O=C(CNC(=O)c1ccccc1I)N/N=C\c1ccc(OC(=O)c2ccccc2Cl)cc1. The van der Waals surface area contributed by atoms with E-state index in [0.29, 0.717) is 21.9 Å². The predicted octanol–water partition coefficient (Wildman–Crippen LogP) is 4.04. The first kappa shape index (κ1) is 23.4. The van der Waals surface area contributed by atoms with Crippen molar-refractivity contribution in [3.8, 4) is 5.75 Å². The molecule has 0 fully saturated rings. The van der Waals surface area contributed by atoms with Crippen LogP contribution in [0.1, 0.15) is 26.3 Å². The molecule has 0 aliphatic heterocycles. The second kappa shape index (κ2) is 11.4. The first-order chi connectivity index (χ1) is 15.4. The Morgan fingerprint density at radius 1 is 0.938 bits per heavy atom. The molecule has 0 aliphatic rings. The lowest BCUT2D eigenvalue weighted by molar-refractivity contribution is -0.120. The fraction of sp³-hybridized carbons (Fsp3) is 0.0435. The minimum Gasteiger partial charge on any atom is -0.423 e. The van der Waals surface area contributed by atoms with Crippen molar-refractivity contribution in [2.24, 2.45) is 5.10 Å². The zero-order valence-corrected chi connectivity index (χ0v) is 19.5. The van der Waals surface area contributed by atoms with Crippen LogP contribution in [0, 0.1) is 3.57 Å². The van der Waals surface area contributed by atoms with Gasteiger partial charge in [0.1, 0.15) is 5.75 Å². The van der Waals surface area contributed by atoms with E-state index in [0.717, 1.165) is 3.57 Å². The highest BCUT2D eigenvalue weighted by molar-refractivity contribution is 14.1. The maximum absolute atomic E-state index is 12.2. The smallest absolute Gasteiger partial charge is 0.345 e. The van der Waals surface area contributed by atoms with Crippen molar-refractivity contribution in [1.29, 1.82) is 0 Å². The minimum atomic E-state index is -0.559. The second-order valence-electron chi connectivity index (χ2n) is 6.39. The molecular weight excluding hydrogens is 545 g/mol. The van der Waals surface area contributed by atoms with E-state index in [1.165, 1.54) is 6.21 Å². The van der Waals surface area contributed by atoms with E-state index in [9.17, 15) is 14.4 Å². The number of amides is 2. The van der Waals surface area contributed by atoms with E-state index in [-0.39, 0.29) is 18.0 Å². The minimum absolute atomic E-state index is 0.210. The summed E-state index contributed by atoms with van der Waals surface area (Å²) in [6.07, 6.45) is 1.43. The number of carbonyl (C=O) groups excluding carboxylic acids is 3. The van der Waals surface area contributed by atoms with E-state index in [1.54, 1.807) is 60.7 Å². The number of hydrogen-bond donors (Lipinski definition) is 2. The number of ether oxygens (including phenoxy) is 1. The summed E-state index contributed by atoms with van der Waals surface area (Å²) in [4.78, 5) is 36.2. The summed E-state index contributed by atoms with van der Waals surface area (Å²) in [7, 11) is 0. The molecule has 3 aromatic rings. The highest BCUT2D eigenvalue weighted by Gasteiger charge is 2.12. The fourth-order valence-electron chi connectivity index (χ4n) is 2.53. The Balaban J connectivity index is 1.47. The van der Waals surface area contributed by atoms with Gasteiger partial charge in [-0.25, -0.2) is 10.2 Å². The topological polar surface area (TPSA) is 96.9 Å². The monoisotopic (exact) mass is 561 g/mol. The van der Waals surface area contributed by atoms with Gasteiger partial charge in [-0.2, -0.15) is 5.10 Å². The van der Waals surface area contributed by atoms with Crippen LogP contribution in [0.5, 0.6) is 5.75 Å². The fourth-order valence-corrected chi connectivity index (χ4v) is 3.38. The Kier molecular flexibility index (Phi) is 8.34. The summed E-state index contributed by atoms with van der Waals surface area (Å²) in [5.74, 6) is -1.02. The zero-order chi connectivity index (χ0) is 22.9. The molecule has 9 heteroatoms. The van der Waals surface area contributed by atoms with Gasteiger partial charge in [-0.15, -0.1) is 0 Å². The van der Waals surface area contributed by atoms with Crippen molar-refractivity contribution in [1.82, 2.24) is 10.7 Å². The Morgan fingerprint density at radius 2 is 1.59 bits per heavy atom. The van der Waals surface area contributed by atoms with Crippen LogP contribution in [-0.4, -0.2) is 30.5 Å². The average Bonchev–Trinajstić information content (AvgIpc) is 2.79. The van der Waals surface area contributed by atoms with E-state index in [4.69, 9.17) is 16.3 Å². The van der Waals surface area contributed by atoms with Gasteiger partial charge in [0, 0.05) is 3.57 Å². The van der Waals surface area contributed by atoms with Crippen LogP contribution in [0.4, 0.5) is 0 Å². The van der Waals surface area contributed by atoms with Crippen LogP contribution in [0.3, 0.4) is 0 Å². The van der Waals surface area contributed by atoms with Crippen molar-refractivity contribution in [2.45, 2.75) is 0 Å². The van der Waals surface area contributed by atoms with E-state index in [1.807, 2.05) is 12.1 Å². The maximum Gasteiger partial charge on any atom is 0.345 e. The first-order valence-electron chi connectivity index (χ1n) is 9.35. The van der Waals surface area contributed by atoms with Gasteiger partial charge in [0.25, 0.3) is 11.8 Å². The lowest BCUT2D eigenvalue weighted by Crippen LogP contribution is -2.35. The van der Waals surface area contributed by atoms with Gasteiger partial charge >= 0.3 is 5.97 Å². The molecule has 32 heavy (non-hydrogen) atoms. The molecule has 7 nitrogen and oxygen atoms in total. The Hall–Kier alpha value is -3.24. The summed E-state index contributed by atoms with van der Waals surface area (Å²) in [5, 5.41) is 6.71. The number of benzene rings is 3. The van der Waals surface area contributed by atoms with E-state index < -0.39 is 11.9 Å². The molecule has 162 valence electrons. The molecule has 0 radical (unpaired) electrons. The third kappa shape index (κ3) is 6.63.